The van der Waals surface area contributed by atoms with Crippen molar-refractivity contribution in [2.45, 2.75) is 51.9 Å². The number of carbonyl (C=O) groups excluding carboxylic acids is 1. The first-order chi connectivity index (χ1) is 10.7. The van der Waals surface area contributed by atoms with E-state index in [-0.39, 0.29) is 5.78 Å². The fourth-order valence-corrected chi connectivity index (χ4v) is 2.31. The third-order valence-corrected chi connectivity index (χ3v) is 3.63. The van der Waals surface area contributed by atoms with Crippen LogP contribution in [0.25, 0.3) is 0 Å². The summed E-state index contributed by atoms with van der Waals surface area (Å²) in [7, 11) is 3.27. The fourth-order valence-electron chi connectivity index (χ4n) is 2.31. The van der Waals surface area contributed by atoms with E-state index < -0.39 is 0 Å². The summed E-state index contributed by atoms with van der Waals surface area (Å²) < 4.78 is 10.5. The van der Waals surface area contributed by atoms with E-state index in [2.05, 4.69) is 6.92 Å². The smallest absolute Gasteiger partial charge is 0.160 e. The van der Waals surface area contributed by atoms with E-state index in [1.807, 2.05) is 24.3 Å². The molecular weight excluding hydrogens is 276 g/mol. The molecule has 1 aromatic carbocycles. The molecule has 1 aromatic rings. The molecule has 1 rings (SSSR count). The molecule has 0 aliphatic rings. The number of unbranched alkanes of at least 4 members (excludes halogenated alkanes) is 3. The summed E-state index contributed by atoms with van der Waals surface area (Å²) in [6.45, 7) is 2.18. The molecule has 0 bridgehead atoms. The molecule has 0 aliphatic heterocycles. The summed E-state index contributed by atoms with van der Waals surface area (Å²) in [5.74, 6) is 1.73. The van der Waals surface area contributed by atoms with Crippen LogP contribution in [0.15, 0.2) is 30.4 Å². The number of hydrogen-bond acceptors (Lipinski definition) is 3. The number of methoxy groups -OCH3 is 2. The van der Waals surface area contributed by atoms with Crippen molar-refractivity contribution >= 4 is 5.78 Å². The van der Waals surface area contributed by atoms with Crippen molar-refractivity contribution in [3.63, 3.8) is 0 Å². The molecule has 0 atom stereocenters. The van der Waals surface area contributed by atoms with Gasteiger partial charge in [0.25, 0.3) is 0 Å². The normalized spacial score (nSPS) is 10.9. The monoisotopic (exact) mass is 304 g/mol. The van der Waals surface area contributed by atoms with Gasteiger partial charge in [0, 0.05) is 6.42 Å². The standard InChI is InChI=1S/C19H28O3/c1-4-5-6-7-11-17(20)12-9-8-10-16-13-14-18(21-2)19(15-16)22-3/h9,12-15H,4-8,10-11H2,1-3H3. The molecule has 122 valence electrons. The van der Waals surface area contributed by atoms with E-state index in [1.54, 1.807) is 20.3 Å². The van der Waals surface area contributed by atoms with E-state index in [0.717, 1.165) is 37.2 Å². The van der Waals surface area contributed by atoms with Gasteiger partial charge in [0.15, 0.2) is 17.3 Å². The van der Waals surface area contributed by atoms with Gasteiger partial charge in [-0.3, -0.25) is 4.79 Å². The van der Waals surface area contributed by atoms with Crippen LogP contribution < -0.4 is 9.47 Å². The molecule has 0 N–H and O–H groups in total. The number of ketones is 1. The van der Waals surface area contributed by atoms with E-state index in [4.69, 9.17) is 9.47 Å². The highest BCUT2D eigenvalue weighted by molar-refractivity contribution is 5.89. The first-order valence-electron chi connectivity index (χ1n) is 8.11. The molecule has 0 spiro atoms. The molecule has 0 saturated heterocycles. The number of aryl methyl sites for hydroxylation is 1. The van der Waals surface area contributed by atoms with Gasteiger partial charge in [0.2, 0.25) is 0 Å². The summed E-state index contributed by atoms with van der Waals surface area (Å²) >= 11 is 0. The molecule has 22 heavy (non-hydrogen) atoms. The van der Waals surface area contributed by atoms with E-state index in [1.165, 1.54) is 18.4 Å². The lowest BCUT2D eigenvalue weighted by atomic mass is 10.1. The molecule has 0 saturated carbocycles. The highest BCUT2D eigenvalue weighted by atomic mass is 16.5. The van der Waals surface area contributed by atoms with Crippen molar-refractivity contribution in [1.82, 2.24) is 0 Å². The predicted molar refractivity (Wildman–Crippen MR) is 90.8 cm³/mol. The molecule has 0 unspecified atom stereocenters. The van der Waals surface area contributed by atoms with Gasteiger partial charge >= 0.3 is 0 Å². The van der Waals surface area contributed by atoms with Gasteiger partial charge in [-0.2, -0.15) is 0 Å². The quantitative estimate of drug-likeness (QED) is 0.438. The van der Waals surface area contributed by atoms with Crippen LogP contribution in [0.3, 0.4) is 0 Å². The lowest BCUT2D eigenvalue weighted by molar-refractivity contribution is -0.114. The Hall–Kier alpha value is -1.77. The van der Waals surface area contributed by atoms with Crippen molar-refractivity contribution in [2.75, 3.05) is 14.2 Å². The average molecular weight is 304 g/mol. The lowest BCUT2D eigenvalue weighted by Gasteiger charge is -2.08. The Morgan fingerprint density at radius 3 is 2.55 bits per heavy atom. The first kappa shape index (κ1) is 18.3. The van der Waals surface area contributed by atoms with Gasteiger partial charge in [-0.25, -0.2) is 0 Å². The Kier molecular flexibility index (Phi) is 9.04. The highest BCUT2D eigenvalue weighted by Gasteiger charge is 2.03. The van der Waals surface area contributed by atoms with E-state index >= 15 is 0 Å². The van der Waals surface area contributed by atoms with Crippen LogP contribution >= 0.6 is 0 Å². The zero-order valence-electron chi connectivity index (χ0n) is 14.1. The maximum atomic E-state index is 11.7. The Labute approximate surface area is 134 Å². The summed E-state index contributed by atoms with van der Waals surface area (Å²) in [6, 6.07) is 5.93. The Morgan fingerprint density at radius 2 is 1.86 bits per heavy atom. The molecule has 0 amide bonds. The second kappa shape index (κ2) is 10.9. The summed E-state index contributed by atoms with van der Waals surface area (Å²) in [5, 5.41) is 0. The zero-order valence-corrected chi connectivity index (χ0v) is 14.1. The summed E-state index contributed by atoms with van der Waals surface area (Å²) in [4.78, 5) is 11.7. The van der Waals surface area contributed by atoms with Crippen LogP contribution in [0.2, 0.25) is 0 Å². The topological polar surface area (TPSA) is 35.5 Å². The molecule has 0 radical (unpaired) electrons. The Morgan fingerprint density at radius 1 is 1.09 bits per heavy atom. The molecule has 0 aromatic heterocycles. The third kappa shape index (κ3) is 6.79. The number of allylic oxidation sites excluding steroid dienone is 2. The van der Waals surface area contributed by atoms with Gasteiger partial charge < -0.3 is 9.47 Å². The lowest BCUT2D eigenvalue weighted by Crippen LogP contribution is -1.94. The van der Waals surface area contributed by atoms with Crippen LogP contribution in [0.5, 0.6) is 11.5 Å². The predicted octanol–water partition coefficient (Wildman–Crippen LogP) is 4.73. The van der Waals surface area contributed by atoms with Gasteiger partial charge in [-0.1, -0.05) is 38.3 Å². The Balaban J connectivity index is 2.34. The number of hydrogen-bond donors (Lipinski definition) is 0. The van der Waals surface area contributed by atoms with Crippen LogP contribution in [-0.4, -0.2) is 20.0 Å². The maximum absolute atomic E-state index is 11.7. The van der Waals surface area contributed by atoms with Gasteiger partial charge in [0.05, 0.1) is 14.2 Å². The fraction of sp³-hybridized carbons (Fsp3) is 0.526. The molecule has 0 aliphatic carbocycles. The average Bonchev–Trinajstić information content (AvgIpc) is 2.55. The summed E-state index contributed by atoms with van der Waals surface area (Å²) in [5.41, 5.74) is 1.18. The number of ether oxygens (including phenoxy) is 2. The van der Waals surface area contributed by atoms with Crippen molar-refractivity contribution in [3.8, 4) is 11.5 Å². The number of benzene rings is 1. The van der Waals surface area contributed by atoms with E-state index in [9.17, 15) is 4.79 Å². The minimum atomic E-state index is 0.239. The number of carbonyl (C=O) groups is 1. The van der Waals surface area contributed by atoms with Gasteiger partial charge in [-0.05, 0) is 43.0 Å². The van der Waals surface area contributed by atoms with Crippen LogP contribution in [0.4, 0.5) is 0 Å². The van der Waals surface area contributed by atoms with Crippen molar-refractivity contribution in [1.29, 1.82) is 0 Å². The van der Waals surface area contributed by atoms with Crippen LogP contribution in [-0.2, 0) is 11.2 Å². The van der Waals surface area contributed by atoms with Crippen molar-refractivity contribution in [2.24, 2.45) is 0 Å². The minimum Gasteiger partial charge on any atom is -0.493 e. The van der Waals surface area contributed by atoms with Crippen LogP contribution in [0, 0.1) is 0 Å². The van der Waals surface area contributed by atoms with Crippen molar-refractivity contribution < 1.29 is 14.3 Å². The molecule has 3 nitrogen and oxygen atoms in total. The molecule has 0 fully saturated rings. The third-order valence-electron chi connectivity index (χ3n) is 3.63. The second-order valence-electron chi connectivity index (χ2n) is 5.41. The SMILES string of the molecule is CCCCCCC(=O)C=CCCc1ccc(OC)c(OC)c1. The minimum absolute atomic E-state index is 0.239. The molecular formula is C19H28O3. The van der Waals surface area contributed by atoms with Gasteiger partial charge in [0.1, 0.15) is 0 Å². The number of rotatable bonds is 11. The first-order valence-corrected chi connectivity index (χ1v) is 8.11. The second-order valence-corrected chi connectivity index (χ2v) is 5.41. The van der Waals surface area contributed by atoms with Crippen LogP contribution in [0.1, 0.15) is 51.0 Å². The molecule has 3 heteroatoms. The largest absolute Gasteiger partial charge is 0.493 e. The highest BCUT2D eigenvalue weighted by Crippen LogP contribution is 2.27. The Bertz CT molecular complexity index is 478. The van der Waals surface area contributed by atoms with E-state index in [0.29, 0.717) is 6.42 Å². The summed E-state index contributed by atoms with van der Waals surface area (Å²) in [6.07, 6.45) is 10.7. The van der Waals surface area contributed by atoms with Crippen molar-refractivity contribution in [3.05, 3.63) is 35.9 Å². The maximum Gasteiger partial charge on any atom is 0.160 e. The van der Waals surface area contributed by atoms with Gasteiger partial charge in [-0.15, -0.1) is 0 Å². The molecule has 0 heterocycles. The zero-order chi connectivity index (χ0) is 16.2.